The number of carbonyl (C=O) groups excluding carboxylic acids is 2. The number of anilines is 1. The Balaban J connectivity index is 1.19. The fourth-order valence-electron chi connectivity index (χ4n) is 3.96. The highest BCUT2D eigenvalue weighted by Gasteiger charge is 2.26. The normalized spacial score (nSPS) is 16.2. The molecule has 0 aliphatic carbocycles. The van der Waals surface area contributed by atoms with Gasteiger partial charge in [0.05, 0.1) is 6.54 Å². The van der Waals surface area contributed by atoms with Gasteiger partial charge in [0.25, 0.3) is 0 Å². The Morgan fingerprint density at radius 3 is 2.55 bits per heavy atom. The topological polar surface area (TPSA) is 79.9 Å². The van der Waals surface area contributed by atoms with Crippen molar-refractivity contribution in [1.82, 2.24) is 10.2 Å². The van der Waals surface area contributed by atoms with Crippen LogP contribution in [-0.2, 0) is 16.1 Å². The molecule has 164 valence electrons. The van der Waals surface area contributed by atoms with Crippen LogP contribution in [0.15, 0.2) is 36.4 Å². The number of amides is 2. The van der Waals surface area contributed by atoms with Crippen LogP contribution in [0.4, 0.5) is 5.69 Å². The van der Waals surface area contributed by atoms with Gasteiger partial charge in [-0.25, -0.2) is 0 Å². The SMILES string of the molecule is Cc1ccc(NC(=O)CN2CCC(C(=O)NCc3ccc4c(c3)OCO4)CC2)cc1C. The molecular weight excluding hydrogens is 394 g/mol. The molecule has 0 radical (unpaired) electrons. The zero-order valence-electron chi connectivity index (χ0n) is 18.1. The van der Waals surface area contributed by atoms with E-state index in [9.17, 15) is 9.59 Å². The first kappa shape index (κ1) is 21.2. The minimum absolute atomic E-state index is 0.0195. The molecule has 2 N–H and O–H groups in total. The molecule has 7 heteroatoms. The van der Waals surface area contributed by atoms with Crippen LogP contribution >= 0.6 is 0 Å². The summed E-state index contributed by atoms with van der Waals surface area (Å²) in [7, 11) is 0. The van der Waals surface area contributed by atoms with Crippen LogP contribution in [0.25, 0.3) is 0 Å². The number of likely N-dealkylation sites (tertiary alicyclic amines) is 1. The molecule has 4 rings (SSSR count). The van der Waals surface area contributed by atoms with E-state index in [0.717, 1.165) is 54.2 Å². The number of ether oxygens (including phenoxy) is 2. The third-order valence-electron chi connectivity index (χ3n) is 6.02. The number of nitrogens with zero attached hydrogens (tertiary/aromatic N) is 1. The molecule has 1 saturated heterocycles. The van der Waals surface area contributed by atoms with E-state index < -0.39 is 0 Å². The largest absolute Gasteiger partial charge is 0.454 e. The molecule has 31 heavy (non-hydrogen) atoms. The van der Waals surface area contributed by atoms with Gasteiger partial charge in [0.15, 0.2) is 11.5 Å². The van der Waals surface area contributed by atoms with Crippen molar-refractivity contribution >= 4 is 17.5 Å². The van der Waals surface area contributed by atoms with Crippen LogP contribution in [0, 0.1) is 19.8 Å². The molecule has 1 fully saturated rings. The van der Waals surface area contributed by atoms with Crippen molar-refractivity contribution in [2.45, 2.75) is 33.2 Å². The van der Waals surface area contributed by atoms with Crippen molar-refractivity contribution in [2.24, 2.45) is 5.92 Å². The average Bonchev–Trinajstić information content (AvgIpc) is 3.23. The van der Waals surface area contributed by atoms with Gasteiger partial charge in [-0.1, -0.05) is 12.1 Å². The fraction of sp³-hybridized carbons (Fsp3) is 0.417. The van der Waals surface area contributed by atoms with Crippen molar-refractivity contribution in [2.75, 3.05) is 31.7 Å². The number of hydrogen-bond acceptors (Lipinski definition) is 5. The van der Waals surface area contributed by atoms with Crippen molar-refractivity contribution in [3.8, 4) is 11.5 Å². The maximum absolute atomic E-state index is 12.6. The quantitative estimate of drug-likeness (QED) is 0.747. The van der Waals surface area contributed by atoms with Crippen molar-refractivity contribution in [3.05, 3.63) is 53.1 Å². The number of fused-ring (bicyclic) bond motifs is 1. The zero-order valence-corrected chi connectivity index (χ0v) is 18.1. The van der Waals surface area contributed by atoms with Crippen molar-refractivity contribution in [1.29, 1.82) is 0 Å². The standard InChI is InChI=1S/C24H29N3O4/c1-16-3-5-20(11-17(16)2)26-23(28)14-27-9-7-19(8-10-27)24(29)25-13-18-4-6-21-22(12-18)31-15-30-21/h3-6,11-12,19H,7-10,13-15H2,1-2H3,(H,25,29)(H,26,28). The number of benzene rings is 2. The van der Waals surface area contributed by atoms with Gasteiger partial charge in [0, 0.05) is 18.2 Å². The molecule has 7 nitrogen and oxygen atoms in total. The molecule has 0 unspecified atom stereocenters. The smallest absolute Gasteiger partial charge is 0.238 e. The summed E-state index contributed by atoms with van der Waals surface area (Å²) in [5.41, 5.74) is 4.17. The molecule has 0 atom stereocenters. The monoisotopic (exact) mass is 423 g/mol. The predicted octanol–water partition coefficient (Wildman–Crippen LogP) is 3.00. The number of nitrogens with one attached hydrogen (secondary N) is 2. The van der Waals surface area contributed by atoms with Gasteiger partial charge in [0.2, 0.25) is 18.6 Å². The van der Waals surface area contributed by atoms with Crippen molar-refractivity contribution < 1.29 is 19.1 Å². The Morgan fingerprint density at radius 2 is 1.77 bits per heavy atom. The molecule has 0 spiro atoms. The van der Waals surface area contributed by atoms with E-state index in [4.69, 9.17) is 9.47 Å². The molecule has 0 bridgehead atoms. The second-order valence-electron chi connectivity index (χ2n) is 8.30. The summed E-state index contributed by atoms with van der Waals surface area (Å²) in [6.07, 6.45) is 1.51. The van der Waals surface area contributed by atoms with Gasteiger partial charge in [-0.15, -0.1) is 0 Å². The molecule has 2 aromatic carbocycles. The van der Waals surface area contributed by atoms with Gasteiger partial charge in [0.1, 0.15) is 0 Å². The number of rotatable bonds is 6. The second-order valence-corrected chi connectivity index (χ2v) is 8.30. The van der Waals surface area contributed by atoms with Gasteiger partial charge in [-0.05, 0) is 80.7 Å². The first-order valence-electron chi connectivity index (χ1n) is 10.7. The Hall–Kier alpha value is -3.06. The maximum Gasteiger partial charge on any atom is 0.238 e. The predicted molar refractivity (Wildman–Crippen MR) is 118 cm³/mol. The zero-order chi connectivity index (χ0) is 21.8. The molecule has 2 aliphatic rings. The van der Waals surface area contributed by atoms with Crippen molar-refractivity contribution in [3.63, 3.8) is 0 Å². The minimum atomic E-state index is -0.0203. The molecule has 0 saturated carbocycles. The van der Waals surface area contributed by atoms with E-state index in [1.165, 1.54) is 5.56 Å². The Morgan fingerprint density at radius 1 is 1.00 bits per heavy atom. The molecular formula is C24H29N3O4. The van der Waals surface area contributed by atoms with E-state index in [-0.39, 0.29) is 24.5 Å². The van der Waals surface area contributed by atoms with Gasteiger partial charge >= 0.3 is 0 Å². The summed E-state index contributed by atoms with van der Waals surface area (Å²) in [6, 6.07) is 11.6. The number of hydrogen-bond donors (Lipinski definition) is 2. The molecule has 0 aromatic heterocycles. The average molecular weight is 424 g/mol. The number of piperidine rings is 1. The summed E-state index contributed by atoms with van der Waals surface area (Å²) in [4.78, 5) is 27.1. The first-order chi connectivity index (χ1) is 15.0. The van der Waals surface area contributed by atoms with Crippen LogP contribution in [0.3, 0.4) is 0 Å². The lowest BCUT2D eigenvalue weighted by Crippen LogP contribution is -2.43. The van der Waals surface area contributed by atoms with Gasteiger partial charge < -0.3 is 20.1 Å². The van der Waals surface area contributed by atoms with Gasteiger partial charge in [-0.2, -0.15) is 0 Å². The van der Waals surface area contributed by atoms with Crippen LogP contribution in [0.2, 0.25) is 0 Å². The minimum Gasteiger partial charge on any atom is -0.454 e. The van der Waals surface area contributed by atoms with E-state index in [0.29, 0.717) is 13.1 Å². The van der Waals surface area contributed by atoms with Crippen LogP contribution in [0.5, 0.6) is 11.5 Å². The lowest BCUT2D eigenvalue weighted by molar-refractivity contribution is -0.126. The third kappa shape index (κ3) is 5.35. The summed E-state index contributed by atoms with van der Waals surface area (Å²) in [5, 5.41) is 5.99. The molecule has 2 heterocycles. The van der Waals surface area contributed by atoms with E-state index in [2.05, 4.69) is 22.5 Å². The van der Waals surface area contributed by atoms with Crippen LogP contribution in [-0.4, -0.2) is 43.1 Å². The molecule has 2 amide bonds. The van der Waals surface area contributed by atoms with E-state index >= 15 is 0 Å². The molecule has 2 aromatic rings. The summed E-state index contributed by atoms with van der Waals surface area (Å²) in [6.45, 7) is 6.62. The molecule has 2 aliphatic heterocycles. The summed E-state index contributed by atoms with van der Waals surface area (Å²) in [5.74, 6) is 1.49. The second kappa shape index (κ2) is 9.39. The van der Waals surface area contributed by atoms with Crippen LogP contribution in [0.1, 0.15) is 29.5 Å². The summed E-state index contributed by atoms with van der Waals surface area (Å²) >= 11 is 0. The van der Waals surface area contributed by atoms with E-state index in [1.54, 1.807) is 0 Å². The fourth-order valence-corrected chi connectivity index (χ4v) is 3.96. The van der Waals surface area contributed by atoms with E-state index in [1.807, 2.05) is 43.3 Å². The lowest BCUT2D eigenvalue weighted by atomic mass is 9.96. The number of aryl methyl sites for hydroxylation is 2. The van der Waals surface area contributed by atoms with Gasteiger partial charge in [-0.3, -0.25) is 14.5 Å². The highest BCUT2D eigenvalue weighted by atomic mass is 16.7. The Bertz CT molecular complexity index is 967. The highest BCUT2D eigenvalue weighted by Crippen LogP contribution is 2.32. The maximum atomic E-state index is 12.6. The Kier molecular flexibility index (Phi) is 6.42. The first-order valence-corrected chi connectivity index (χ1v) is 10.7. The summed E-state index contributed by atoms with van der Waals surface area (Å²) < 4.78 is 10.7. The van der Waals surface area contributed by atoms with Crippen LogP contribution < -0.4 is 20.1 Å². The Labute approximate surface area is 182 Å². The third-order valence-corrected chi connectivity index (χ3v) is 6.02. The lowest BCUT2D eigenvalue weighted by Gasteiger charge is -2.30. The highest BCUT2D eigenvalue weighted by molar-refractivity contribution is 5.92. The number of carbonyl (C=O) groups is 2.